The zero-order valence-corrected chi connectivity index (χ0v) is 15.8. The largest absolute Gasteiger partial charge is 0.343 e. The van der Waals surface area contributed by atoms with Gasteiger partial charge in [-0.05, 0) is 48.9 Å². The molecule has 0 radical (unpaired) electrons. The Morgan fingerprint density at radius 2 is 1.81 bits per heavy atom. The van der Waals surface area contributed by atoms with Crippen molar-refractivity contribution in [3.05, 3.63) is 58.1 Å². The van der Waals surface area contributed by atoms with Gasteiger partial charge in [-0.1, -0.05) is 23.2 Å². The summed E-state index contributed by atoms with van der Waals surface area (Å²) in [5, 5.41) is 6.11. The summed E-state index contributed by atoms with van der Waals surface area (Å²) >= 11 is 12.0. The average Bonchev–Trinajstić information content (AvgIpc) is 3.06. The van der Waals surface area contributed by atoms with Gasteiger partial charge in [0.1, 0.15) is 0 Å². The van der Waals surface area contributed by atoms with Gasteiger partial charge in [-0.25, -0.2) is 0 Å². The lowest BCUT2D eigenvalue weighted by molar-refractivity contribution is -0.117. The van der Waals surface area contributed by atoms with Crippen molar-refractivity contribution in [3.63, 3.8) is 0 Å². The molecular weight excluding hydrogens is 389 g/mol. The van der Waals surface area contributed by atoms with Gasteiger partial charge < -0.3 is 15.5 Å². The lowest BCUT2D eigenvalue weighted by Gasteiger charge is -2.18. The summed E-state index contributed by atoms with van der Waals surface area (Å²) in [6.45, 7) is 0.451. The zero-order chi connectivity index (χ0) is 19.4. The molecule has 3 rings (SSSR count). The van der Waals surface area contributed by atoms with E-state index >= 15 is 0 Å². The minimum atomic E-state index is -0.390. The number of carbonyl (C=O) groups is 3. The van der Waals surface area contributed by atoms with Crippen LogP contribution in [-0.4, -0.2) is 30.8 Å². The van der Waals surface area contributed by atoms with Gasteiger partial charge in [-0.3, -0.25) is 14.4 Å². The van der Waals surface area contributed by atoms with E-state index < -0.39 is 5.91 Å². The van der Waals surface area contributed by atoms with Crippen molar-refractivity contribution in [1.82, 2.24) is 5.32 Å². The topological polar surface area (TPSA) is 78.5 Å². The quantitative estimate of drug-likeness (QED) is 0.798. The van der Waals surface area contributed by atoms with Crippen molar-refractivity contribution in [3.8, 4) is 0 Å². The third-order valence-electron chi connectivity index (χ3n) is 4.11. The van der Waals surface area contributed by atoms with Crippen LogP contribution in [0, 0.1) is 0 Å². The number of rotatable bonds is 5. The van der Waals surface area contributed by atoms with E-state index in [1.807, 2.05) is 0 Å². The number of anilines is 2. The summed E-state index contributed by atoms with van der Waals surface area (Å²) in [5.74, 6) is -0.722. The zero-order valence-electron chi connectivity index (χ0n) is 14.3. The maximum atomic E-state index is 12.1. The Hall–Kier alpha value is -2.57. The normalized spacial score (nSPS) is 13.6. The standard InChI is InChI=1S/C19H17Cl2N3O3/c20-13-5-3-12(4-6-13)19(27)22-11-17(25)23-14-7-8-16(15(21)10-14)24-9-1-2-18(24)26/h3-8,10H,1-2,9,11H2,(H,22,27)(H,23,25). The van der Waals surface area contributed by atoms with Crippen LogP contribution in [0.1, 0.15) is 23.2 Å². The smallest absolute Gasteiger partial charge is 0.251 e. The summed E-state index contributed by atoms with van der Waals surface area (Å²) in [6, 6.07) is 11.3. The molecule has 0 saturated carbocycles. The van der Waals surface area contributed by atoms with Gasteiger partial charge in [0, 0.05) is 29.2 Å². The van der Waals surface area contributed by atoms with Crippen LogP contribution in [0.2, 0.25) is 10.0 Å². The summed E-state index contributed by atoms with van der Waals surface area (Å²) in [5.41, 5.74) is 1.53. The molecule has 1 fully saturated rings. The van der Waals surface area contributed by atoms with Gasteiger partial charge in [-0.15, -0.1) is 0 Å². The number of carbonyl (C=O) groups excluding carboxylic acids is 3. The summed E-state index contributed by atoms with van der Waals surface area (Å²) in [7, 11) is 0. The van der Waals surface area contributed by atoms with Crippen molar-refractivity contribution in [2.75, 3.05) is 23.3 Å². The predicted octanol–water partition coefficient (Wildman–Crippen LogP) is 3.49. The highest BCUT2D eigenvalue weighted by Gasteiger charge is 2.23. The van der Waals surface area contributed by atoms with Crippen LogP contribution >= 0.6 is 23.2 Å². The molecule has 0 atom stereocenters. The monoisotopic (exact) mass is 405 g/mol. The molecule has 0 aliphatic carbocycles. The highest BCUT2D eigenvalue weighted by molar-refractivity contribution is 6.34. The molecule has 1 heterocycles. The highest BCUT2D eigenvalue weighted by Crippen LogP contribution is 2.31. The highest BCUT2D eigenvalue weighted by atomic mass is 35.5. The van der Waals surface area contributed by atoms with Crippen molar-refractivity contribution in [2.45, 2.75) is 12.8 Å². The number of halogens is 2. The van der Waals surface area contributed by atoms with Crippen molar-refractivity contribution < 1.29 is 14.4 Å². The molecule has 0 bridgehead atoms. The van der Waals surface area contributed by atoms with Gasteiger partial charge in [0.2, 0.25) is 11.8 Å². The Bertz CT molecular complexity index is 884. The first kappa shape index (κ1) is 19.2. The molecule has 140 valence electrons. The van der Waals surface area contributed by atoms with E-state index in [1.165, 1.54) is 0 Å². The molecule has 27 heavy (non-hydrogen) atoms. The number of hydrogen-bond acceptors (Lipinski definition) is 3. The van der Waals surface area contributed by atoms with Crippen molar-refractivity contribution >= 4 is 52.3 Å². The van der Waals surface area contributed by atoms with Crippen LogP contribution in [0.3, 0.4) is 0 Å². The molecule has 1 saturated heterocycles. The van der Waals surface area contributed by atoms with Crippen LogP contribution in [0.15, 0.2) is 42.5 Å². The van der Waals surface area contributed by atoms with E-state index in [-0.39, 0.29) is 18.4 Å². The van der Waals surface area contributed by atoms with Crippen molar-refractivity contribution in [1.29, 1.82) is 0 Å². The fourth-order valence-corrected chi connectivity index (χ4v) is 3.18. The Balaban J connectivity index is 1.56. The SMILES string of the molecule is O=C(CNC(=O)c1ccc(Cl)cc1)Nc1ccc(N2CCCC2=O)c(Cl)c1. The first-order valence-corrected chi connectivity index (χ1v) is 9.13. The second-order valence-electron chi connectivity index (χ2n) is 6.05. The van der Waals surface area contributed by atoms with Crippen LogP contribution in [-0.2, 0) is 9.59 Å². The average molecular weight is 406 g/mol. The molecule has 1 aliphatic rings. The first-order chi connectivity index (χ1) is 12.9. The Kier molecular flexibility index (Phi) is 5.98. The lowest BCUT2D eigenvalue weighted by Crippen LogP contribution is -2.32. The maximum absolute atomic E-state index is 12.1. The predicted molar refractivity (Wildman–Crippen MR) is 105 cm³/mol. The summed E-state index contributed by atoms with van der Waals surface area (Å²) in [4.78, 5) is 37.5. The Labute approximate surface area is 166 Å². The minimum absolute atomic E-state index is 0.0404. The van der Waals surface area contributed by atoms with E-state index in [1.54, 1.807) is 47.4 Å². The number of nitrogens with zero attached hydrogens (tertiary/aromatic N) is 1. The molecule has 3 amide bonds. The van der Waals surface area contributed by atoms with E-state index in [0.29, 0.717) is 39.9 Å². The van der Waals surface area contributed by atoms with Crippen LogP contribution in [0.25, 0.3) is 0 Å². The fourth-order valence-electron chi connectivity index (χ4n) is 2.78. The van der Waals surface area contributed by atoms with Gasteiger partial charge >= 0.3 is 0 Å². The van der Waals surface area contributed by atoms with Gasteiger partial charge in [0.15, 0.2) is 0 Å². The van der Waals surface area contributed by atoms with Gasteiger partial charge in [-0.2, -0.15) is 0 Å². The molecule has 0 spiro atoms. The van der Waals surface area contributed by atoms with E-state index in [9.17, 15) is 14.4 Å². The molecule has 2 N–H and O–H groups in total. The molecular formula is C19H17Cl2N3O3. The lowest BCUT2D eigenvalue weighted by atomic mass is 10.2. The number of nitrogens with one attached hydrogen (secondary N) is 2. The molecule has 1 aliphatic heterocycles. The fraction of sp³-hybridized carbons (Fsp3) is 0.211. The van der Waals surface area contributed by atoms with Gasteiger partial charge in [0.05, 0.1) is 17.3 Å². The van der Waals surface area contributed by atoms with E-state index in [0.717, 1.165) is 6.42 Å². The summed E-state index contributed by atoms with van der Waals surface area (Å²) < 4.78 is 0. The maximum Gasteiger partial charge on any atom is 0.251 e. The van der Waals surface area contributed by atoms with Crippen LogP contribution < -0.4 is 15.5 Å². The molecule has 8 heteroatoms. The molecule has 6 nitrogen and oxygen atoms in total. The summed E-state index contributed by atoms with van der Waals surface area (Å²) in [6.07, 6.45) is 1.32. The van der Waals surface area contributed by atoms with Gasteiger partial charge in [0.25, 0.3) is 5.91 Å². The van der Waals surface area contributed by atoms with Crippen LogP contribution in [0.4, 0.5) is 11.4 Å². The van der Waals surface area contributed by atoms with Crippen LogP contribution in [0.5, 0.6) is 0 Å². The van der Waals surface area contributed by atoms with Crippen molar-refractivity contribution in [2.24, 2.45) is 0 Å². The molecule has 2 aromatic carbocycles. The Morgan fingerprint density at radius 3 is 2.44 bits per heavy atom. The van der Waals surface area contributed by atoms with E-state index in [4.69, 9.17) is 23.2 Å². The number of hydrogen-bond donors (Lipinski definition) is 2. The first-order valence-electron chi connectivity index (χ1n) is 8.37. The second-order valence-corrected chi connectivity index (χ2v) is 6.90. The molecule has 2 aromatic rings. The second kappa shape index (κ2) is 8.41. The minimum Gasteiger partial charge on any atom is -0.343 e. The molecule has 0 unspecified atom stereocenters. The van der Waals surface area contributed by atoms with E-state index in [2.05, 4.69) is 10.6 Å². The number of benzene rings is 2. The Morgan fingerprint density at radius 1 is 1.07 bits per heavy atom. The third-order valence-corrected chi connectivity index (χ3v) is 4.67. The third kappa shape index (κ3) is 4.78. The molecule has 0 aromatic heterocycles. The number of amides is 3.